The van der Waals surface area contributed by atoms with Gasteiger partial charge in [-0.3, -0.25) is 0 Å². The second-order valence-corrected chi connectivity index (χ2v) is 5.50. The molecule has 0 spiro atoms. The number of ether oxygens (including phenoxy) is 2. The lowest BCUT2D eigenvalue weighted by Gasteiger charge is -2.29. The van der Waals surface area contributed by atoms with E-state index < -0.39 is 0 Å². The van der Waals surface area contributed by atoms with Crippen LogP contribution in [0, 0.1) is 5.92 Å². The van der Waals surface area contributed by atoms with Crippen LogP contribution in [0.3, 0.4) is 0 Å². The second-order valence-electron chi connectivity index (χ2n) is 5.50. The molecule has 1 aromatic carbocycles. The fraction of sp³-hybridized carbons (Fsp3) is 0.625. The molecule has 1 N–H and O–H groups in total. The van der Waals surface area contributed by atoms with Crippen LogP contribution < -0.4 is 14.8 Å². The summed E-state index contributed by atoms with van der Waals surface area (Å²) in [7, 11) is 3.88. The minimum Gasteiger partial charge on any atom is -0.497 e. The van der Waals surface area contributed by atoms with Crippen LogP contribution in [0.1, 0.15) is 12.8 Å². The van der Waals surface area contributed by atoms with Crippen LogP contribution in [-0.2, 0) is 0 Å². The van der Waals surface area contributed by atoms with Gasteiger partial charge in [0.25, 0.3) is 0 Å². The van der Waals surface area contributed by atoms with E-state index >= 15 is 0 Å². The van der Waals surface area contributed by atoms with Crippen molar-refractivity contribution in [3.05, 3.63) is 24.3 Å². The number of benzene rings is 1. The molecule has 1 heterocycles. The third-order valence-electron chi connectivity index (χ3n) is 3.76. The Bertz CT molecular complexity index is 381. The monoisotopic (exact) mass is 278 g/mol. The number of piperidine rings is 1. The van der Waals surface area contributed by atoms with E-state index in [1.165, 1.54) is 25.9 Å². The zero-order valence-electron chi connectivity index (χ0n) is 12.6. The fourth-order valence-electron chi connectivity index (χ4n) is 2.66. The summed E-state index contributed by atoms with van der Waals surface area (Å²) >= 11 is 0. The van der Waals surface area contributed by atoms with Crippen LogP contribution in [0.5, 0.6) is 11.5 Å². The summed E-state index contributed by atoms with van der Waals surface area (Å²) in [6.45, 7) is 5.15. The molecule has 1 saturated heterocycles. The molecule has 0 saturated carbocycles. The zero-order valence-corrected chi connectivity index (χ0v) is 12.6. The predicted octanol–water partition coefficient (Wildman–Crippen LogP) is 2.01. The van der Waals surface area contributed by atoms with E-state index in [4.69, 9.17) is 9.47 Å². The number of likely N-dealkylation sites (tertiary alicyclic amines) is 1. The number of nitrogens with one attached hydrogen (secondary N) is 1. The Morgan fingerprint density at radius 3 is 2.70 bits per heavy atom. The lowest BCUT2D eigenvalue weighted by atomic mass is 9.98. The van der Waals surface area contributed by atoms with Gasteiger partial charge in [-0.25, -0.2) is 0 Å². The van der Waals surface area contributed by atoms with Crippen LogP contribution in [-0.4, -0.2) is 51.8 Å². The normalized spacial score (nSPS) is 19.8. The molecule has 0 radical (unpaired) electrons. The van der Waals surface area contributed by atoms with Crippen LogP contribution in [0.25, 0.3) is 0 Å². The third-order valence-corrected chi connectivity index (χ3v) is 3.76. The molecule has 1 atom stereocenters. The molecule has 4 heteroatoms. The molecule has 1 aliphatic rings. The molecule has 1 aromatic rings. The first-order chi connectivity index (χ1) is 9.78. The van der Waals surface area contributed by atoms with Crippen molar-refractivity contribution in [2.75, 3.05) is 46.9 Å². The van der Waals surface area contributed by atoms with Crippen LogP contribution >= 0.6 is 0 Å². The molecule has 0 aromatic heterocycles. The quantitative estimate of drug-likeness (QED) is 0.774. The van der Waals surface area contributed by atoms with Crippen molar-refractivity contribution in [2.45, 2.75) is 12.8 Å². The van der Waals surface area contributed by atoms with E-state index in [0.29, 0.717) is 6.61 Å². The largest absolute Gasteiger partial charge is 0.497 e. The van der Waals surface area contributed by atoms with Gasteiger partial charge >= 0.3 is 0 Å². The first kappa shape index (κ1) is 15.1. The van der Waals surface area contributed by atoms with Crippen LogP contribution in [0.4, 0.5) is 0 Å². The SMILES string of the molecule is COc1ccc(OCCNCC2CCCN(C)C2)cc1. The molecule has 4 nitrogen and oxygen atoms in total. The summed E-state index contributed by atoms with van der Waals surface area (Å²) in [5.41, 5.74) is 0. The molecule has 0 bridgehead atoms. The fourth-order valence-corrected chi connectivity index (χ4v) is 2.66. The van der Waals surface area contributed by atoms with Gasteiger partial charge in [-0.05, 0) is 63.2 Å². The summed E-state index contributed by atoms with van der Waals surface area (Å²) in [6, 6.07) is 7.71. The third kappa shape index (κ3) is 5.02. The topological polar surface area (TPSA) is 33.7 Å². The Morgan fingerprint density at radius 2 is 2.00 bits per heavy atom. The second kappa shape index (κ2) is 8.12. The van der Waals surface area contributed by atoms with E-state index in [1.807, 2.05) is 24.3 Å². The van der Waals surface area contributed by atoms with Crippen molar-refractivity contribution >= 4 is 0 Å². The van der Waals surface area contributed by atoms with Gasteiger partial charge in [-0.2, -0.15) is 0 Å². The van der Waals surface area contributed by atoms with Gasteiger partial charge in [0.2, 0.25) is 0 Å². The standard InChI is InChI=1S/C16H26N2O2/c1-18-10-3-4-14(13-18)12-17-9-11-20-16-7-5-15(19-2)6-8-16/h5-8,14,17H,3-4,9-13H2,1-2H3. The summed E-state index contributed by atoms with van der Waals surface area (Å²) in [4.78, 5) is 2.42. The molecular weight excluding hydrogens is 252 g/mol. The highest BCUT2D eigenvalue weighted by Crippen LogP contribution is 2.17. The van der Waals surface area contributed by atoms with Crippen molar-refractivity contribution < 1.29 is 9.47 Å². The zero-order chi connectivity index (χ0) is 14.2. The van der Waals surface area contributed by atoms with Crippen molar-refractivity contribution in [2.24, 2.45) is 5.92 Å². The van der Waals surface area contributed by atoms with Gasteiger partial charge < -0.3 is 19.7 Å². The Labute approximate surface area is 122 Å². The minimum absolute atomic E-state index is 0.703. The summed E-state index contributed by atoms with van der Waals surface area (Å²) in [6.07, 6.45) is 2.67. The molecule has 112 valence electrons. The van der Waals surface area contributed by atoms with Crippen molar-refractivity contribution in [3.8, 4) is 11.5 Å². The highest BCUT2D eigenvalue weighted by molar-refractivity contribution is 5.31. The number of hydrogen-bond donors (Lipinski definition) is 1. The Balaban J connectivity index is 1.56. The number of rotatable bonds is 7. The maximum absolute atomic E-state index is 5.69. The van der Waals surface area contributed by atoms with Crippen molar-refractivity contribution in [3.63, 3.8) is 0 Å². The molecule has 2 rings (SSSR count). The lowest BCUT2D eigenvalue weighted by molar-refractivity contribution is 0.203. The van der Waals surface area contributed by atoms with Gasteiger partial charge in [-0.15, -0.1) is 0 Å². The van der Waals surface area contributed by atoms with Gasteiger partial charge in [-0.1, -0.05) is 0 Å². The highest BCUT2D eigenvalue weighted by atomic mass is 16.5. The first-order valence-corrected chi connectivity index (χ1v) is 7.44. The summed E-state index contributed by atoms with van der Waals surface area (Å²) in [5.74, 6) is 2.54. The highest BCUT2D eigenvalue weighted by Gasteiger charge is 2.16. The molecule has 1 fully saturated rings. The number of hydrogen-bond acceptors (Lipinski definition) is 4. The molecular formula is C16H26N2O2. The smallest absolute Gasteiger partial charge is 0.119 e. The van der Waals surface area contributed by atoms with E-state index in [1.54, 1.807) is 7.11 Å². The molecule has 0 amide bonds. The van der Waals surface area contributed by atoms with Gasteiger partial charge in [0.05, 0.1) is 7.11 Å². The Kier molecular flexibility index (Phi) is 6.15. The molecule has 20 heavy (non-hydrogen) atoms. The van der Waals surface area contributed by atoms with Gasteiger partial charge in [0, 0.05) is 13.1 Å². The van der Waals surface area contributed by atoms with E-state index in [0.717, 1.165) is 30.5 Å². The number of nitrogens with zero attached hydrogens (tertiary/aromatic N) is 1. The van der Waals surface area contributed by atoms with E-state index in [9.17, 15) is 0 Å². The van der Waals surface area contributed by atoms with Crippen molar-refractivity contribution in [1.29, 1.82) is 0 Å². The maximum atomic E-state index is 5.69. The maximum Gasteiger partial charge on any atom is 0.119 e. The van der Waals surface area contributed by atoms with Crippen LogP contribution in [0.15, 0.2) is 24.3 Å². The van der Waals surface area contributed by atoms with Crippen LogP contribution in [0.2, 0.25) is 0 Å². The Morgan fingerprint density at radius 1 is 1.25 bits per heavy atom. The Hall–Kier alpha value is -1.26. The molecule has 0 aliphatic carbocycles. The molecule has 1 aliphatic heterocycles. The minimum atomic E-state index is 0.703. The van der Waals surface area contributed by atoms with Crippen molar-refractivity contribution in [1.82, 2.24) is 10.2 Å². The van der Waals surface area contributed by atoms with E-state index in [2.05, 4.69) is 17.3 Å². The van der Waals surface area contributed by atoms with E-state index in [-0.39, 0.29) is 0 Å². The average Bonchev–Trinajstić information content (AvgIpc) is 2.48. The summed E-state index contributed by atoms with van der Waals surface area (Å²) < 4.78 is 10.8. The average molecular weight is 278 g/mol. The van der Waals surface area contributed by atoms with Gasteiger partial charge in [0.1, 0.15) is 18.1 Å². The summed E-state index contributed by atoms with van der Waals surface area (Å²) in [5, 5.41) is 3.49. The van der Waals surface area contributed by atoms with Gasteiger partial charge in [0.15, 0.2) is 0 Å². The molecule has 1 unspecified atom stereocenters. The number of methoxy groups -OCH3 is 1. The lowest BCUT2D eigenvalue weighted by Crippen LogP contribution is -2.38. The predicted molar refractivity (Wildman–Crippen MR) is 81.6 cm³/mol. The first-order valence-electron chi connectivity index (χ1n) is 7.44.